The fourth-order valence-electron chi connectivity index (χ4n) is 1.57. The van der Waals surface area contributed by atoms with E-state index in [0.717, 1.165) is 5.56 Å². The van der Waals surface area contributed by atoms with Crippen LogP contribution in [0.4, 0.5) is 0 Å². The van der Waals surface area contributed by atoms with E-state index in [1.807, 2.05) is 6.07 Å². The van der Waals surface area contributed by atoms with Crippen LogP contribution in [0.3, 0.4) is 0 Å². The van der Waals surface area contributed by atoms with Gasteiger partial charge in [-0.1, -0.05) is 37.7 Å². The number of carbonyl (C=O) groups excluding carboxylic acids is 1. The quantitative estimate of drug-likeness (QED) is 0.347. The van der Waals surface area contributed by atoms with Crippen LogP contribution in [0.1, 0.15) is 36.7 Å². The molecule has 0 saturated carbocycles. The van der Waals surface area contributed by atoms with Crippen molar-refractivity contribution in [1.82, 2.24) is 0 Å². The molecular weight excluding hydrogens is 242 g/mol. The third-order valence-corrected chi connectivity index (χ3v) is 2.76. The summed E-state index contributed by atoms with van der Waals surface area (Å²) >= 11 is 0. The molecule has 0 N–H and O–H groups in total. The molecule has 0 atom stereocenters. The number of carbonyl (C=O) groups is 1. The van der Waals surface area contributed by atoms with Crippen LogP contribution < -0.4 is 0 Å². The van der Waals surface area contributed by atoms with Gasteiger partial charge in [0.25, 0.3) is 0 Å². The van der Waals surface area contributed by atoms with Crippen LogP contribution in [0.2, 0.25) is 0 Å². The van der Waals surface area contributed by atoms with Crippen molar-refractivity contribution in [3.05, 3.63) is 52.4 Å². The largest absolute Gasteiger partial charge is 0.462 e. The van der Waals surface area contributed by atoms with E-state index in [2.05, 4.69) is 16.6 Å². The molecule has 0 amide bonds. The van der Waals surface area contributed by atoms with Crippen LogP contribution >= 0.6 is 0 Å². The second-order valence-corrected chi connectivity index (χ2v) is 4.53. The second kappa shape index (κ2) is 6.07. The van der Waals surface area contributed by atoms with Crippen molar-refractivity contribution in [3.63, 3.8) is 0 Å². The summed E-state index contributed by atoms with van der Waals surface area (Å²) in [5.41, 5.74) is 9.66. The number of esters is 1. The summed E-state index contributed by atoms with van der Waals surface area (Å²) in [6, 6.07) is 6.93. The normalized spacial score (nSPS) is 10.5. The summed E-state index contributed by atoms with van der Waals surface area (Å²) in [5.74, 6) is -0.376. The molecule has 1 aromatic carbocycles. The van der Waals surface area contributed by atoms with Gasteiger partial charge in [-0.25, -0.2) is 4.79 Å². The SMILES string of the molecule is C=C(c1cccc(C(=O)OCC)c1)C(C)(C)N=[N+]=[N-]. The Bertz CT molecular complexity index is 543. The highest BCUT2D eigenvalue weighted by Gasteiger charge is 2.22. The number of azide groups is 1. The summed E-state index contributed by atoms with van der Waals surface area (Å²) in [6.07, 6.45) is 0. The highest BCUT2D eigenvalue weighted by Crippen LogP contribution is 2.29. The molecule has 0 bridgehead atoms. The smallest absolute Gasteiger partial charge is 0.338 e. The van der Waals surface area contributed by atoms with E-state index in [4.69, 9.17) is 10.3 Å². The lowest BCUT2D eigenvalue weighted by Crippen LogP contribution is -2.17. The zero-order valence-corrected chi connectivity index (χ0v) is 11.4. The minimum Gasteiger partial charge on any atom is -0.462 e. The van der Waals surface area contributed by atoms with E-state index in [-0.39, 0.29) is 5.97 Å². The van der Waals surface area contributed by atoms with Gasteiger partial charge >= 0.3 is 5.97 Å². The van der Waals surface area contributed by atoms with Gasteiger partial charge in [-0.05, 0) is 35.7 Å². The molecule has 1 aromatic rings. The molecule has 0 heterocycles. The molecule has 0 aromatic heterocycles. The van der Waals surface area contributed by atoms with Crippen molar-refractivity contribution >= 4 is 11.5 Å². The summed E-state index contributed by atoms with van der Waals surface area (Å²) in [4.78, 5) is 14.5. The Balaban J connectivity index is 3.09. The second-order valence-electron chi connectivity index (χ2n) is 4.53. The first kappa shape index (κ1) is 14.8. The monoisotopic (exact) mass is 259 g/mol. The number of hydrogen-bond acceptors (Lipinski definition) is 3. The molecule has 0 aliphatic heterocycles. The van der Waals surface area contributed by atoms with Gasteiger partial charge < -0.3 is 4.74 Å². The van der Waals surface area contributed by atoms with E-state index in [1.165, 1.54) is 0 Å². The molecule has 0 spiro atoms. The number of nitrogens with zero attached hydrogens (tertiary/aromatic N) is 3. The minimum atomic E-state index is -0.748. The Morgan fingerprint density at radius 3 is 2.68 bits per heavy atom. The van der Waals surface area contributed by atoms with E-state index >= 15 is 0 Å². The fourth-order valence-corrected chi connectivity index (χ4v) is 1.57. The number of ether oxygens (including phenoxy) is 1. The molecule has 0 fully saturated rings. The zero-order valence-electron chi connectivity index (χ0n) is 11.4. The van der Waals surface area contributed by atoms with Crippen molar-refractivity contribution in [1.29, 1.82) is 0 Å². The molecular formula is C14H17N3O2. The highest BCUT2D eigenvalue weighted by atomic mass is 16.5. The third-order valence-electron chi connectivity index (χ3n) is 2.76. The van der Waals surface area contributed by atoms with Gasteiger partial charge in [0, 0.05) is 4.91 Å². The molecule has 0 unspecified atom stereocenters. The molecule has 100 valence electrons. The predicted molar refractivity (Wildman–Crippen MR) is 74.7 cm³/mol. The van der Waals surface area contributed by atoms with E-state index in [9.17, 15) is 4.79 Å². The van der Waals surface area contributed by atoms with Gasteiger partial charge in [0.1, 0.15) is 0 Å². The van der Waals surface area contributed by atoms with Crippen molar-refractivity contribution in [3.8, 4) is 0 Å². The lowest BCUT2D eigenvalue weighted by molar-refractivity contribution is 0.0526. The lowest BCUT2D eigenvalue weighted by atomic mass is 9.90. The Kier molecular flexibility index (Phi) is 4.73. The van der Waals surface area contributed by atoms with Crippen LogP contribution in [0.5, 0.6) is 0 Å². The van der Waals surface area contributed by atoms with Crippen LogP contribution in [0, 0.1) is 0 Å². The maximum atomic E-state index is 11.7. The van der Waals surface area contributed by atoms with Crippen LogP contribution in [0.25, 0.3) is 16.0 Å². The molecule has 0 aliphatic carbocycles. The highest BCUT2D eigenvalue weighted by molar-refractivity contribution is 5.90. The lowest BCUT2D eigenvalue weighted by Gasteiger charge is -2.21. The Morgan fingerprint density at radius 1 is 1.47 bits per heavy atom. The Hall–Kier alpha value is -2.26. The van der Waals surface area contributed by atoms with Gasteiger partial charge in [-0.15, -0.1) is 0 Å². The number of rotatable bonds is 5. The summed E-state index contributed by atoms with van der Waals surface area (Å²) in [6.45, 7) is 9.57. The van der Waals surface area contributed by atoms with Crippen LogP contribution in [-0.2, 0) is 4.74 Å². The van der Waals surface area contributed by atoms with Crippen LogP contribution in [0.15, 0.2) is 36.0 Å². The Morgan fingerprint density at radius 2 is 2.11 bits per heavy atom. The van der Waals surface area contributed by atoms with E-state index in [1.54, 1.807) is 39.0 Å². The minimum absolute atomic E-state index is 0.328. The van der Waals surface area contributed by atoms with E-state index < -0.39 is 5.54 Å². The number of benzene rings is 1. The molecule has 5 nitrogen and oxygen atoms in total. The maximum Gasteiger partial charge on any atom is 0.338 e. The van der Waals surface area contributed by atoms with Gasteiger partial charge in [0.05, 0.1) is 17.7 Å². The molecule has 1 rings (SSSR count). The fraction of sp³-hybridized carbons (Fsp3) is 0.357. The zero-order chi connectivity index (χ0) is 14.5. The van der Waals surface area contributed by atoms with Crippen molar-refractivity contribution in [2.75, 3.05) is 6.61 Å². The first-order valence-electron chi connectivity index (χ1n) is 5.95. The van der Waals surface area contributed by atoms with Gasteiger partial charge in [0.2, 0.25) is 0 Å². The summed E-state index contributed by atoms with van der Waals surface area (Å²) in [5, 5.41) is 3.71. The van der Waals surface area contributed by atoms with Gasteiger partial charge in [-0.3, -0.25) is 0 Å². The summed E-state index contributed by atoms with van der Waals surface area (Å²) in [7, 11) is 0. The number of hydrogen-bond donors (Lipinski definition) is 0. The standard InChI is InChI=1S/C14H17N3O2/c1-5-19-13(18)12-8-6-7-11(9-12)10(2)14(3,4)16-17-15/h6-9H,2,5H2,1,3-4H3. The summed E-state index contributed by atoms with van der Waals surface area (Å²) < 4.78 is 4.95. The molecule has 0 aliphatic rings. The van der Waals surface area contributed by atoms with Crippen LogP contribution in [-0.4, -0.2) is 18.1 Å². The van der Waals surface area contributed by atoms with Crippen molar-refractivity contribution < 1.29 is 9.53 Å². The molecule has 0 saturated heterocycles. The van der Waals surface area contributed by atoms with Crippen molar-refractivity contribution in [2.24, 2.45) is 5.11 Å². The first-order valence-corrected chi connectivity index (χ1v) is 5.95. The molecule has 5 heteroatoms. The predicted octanol–water partition coefficient (Wildman–Crippen LogP) is 3.97. The van der Waals surface area contributed by atoms with Crippen molar-refractivity contribution in [2.45, 2.75) is 26.3 Å². The average Bonchev–Trinajstić information content (AvgIpc) is 2.38. The van der Waals surface area contributed by atoms with E-state index in [0.29, 0.717) is 17.7 Å². The first-order chi connectivity index (χ1) is 8.92. The molecule has 19 heavy (non-hydrogen) atoms. The maximum absolute atomic E-state index is 11.7. The topological polar surface area (TPSA) is 75.1 Å². The van der Waals surface area contributed by atoms with Gasteiger partial charge in [0.15, 0.2) is 0 Å². The molecule has 0 radical (unpaired) electrons. The Labute approximate surface area is 112 Å². The third kappa shape index (κ3) is 3.60. The average molecular weight is 259 g/mol. The van der Waals surface area contributed by atoms with Gasteiger partial charge in [-0.2, -0.15) is 0 Å².